The molecule has 2 heterocycles. The number of amides is 2. The minimum Gasteiger partial charge on any atom is -0.489 e. The van der Waals surface area contributed by atoms with Crippen LogP contribution < -0.4 is 15.4 Å². The molecule has 304 valence electrons. The Morgan fingerprint density at radius 3 is 2.09 bits per heavy atom. The number of rotatable bonds is 14. The molecule has 6 N–H and O–H groups in total. The number of carboxylic acid groups (broad SMARTS) is 2. The van der Waals surface area contributed by atoms with Crippen LogP contribution in [0.2, 0.25) is 0 Å². The molecule has 0 aromatic heterocycles. The number of aliphatic hydroxyl groups is 2. The highest BCUT2D eigenvalue weighted by atomic mass is 19.1. The lowest BCUT2D eigenvalue weighted by Crippen LogP contribution is -2.46. The summed E-state index contributed by atoms with van der Waals surface area (Å²) >= 11 is 0. The number of primary amides is 1. The molecule has 0 spiro atoms. The summed E-state index contributed by atoms with van der Waals surface area (Å²) in [6.07, 6.45) is -4.51. The monoisotopic (exact) mass is 791 g/mol. The van der Waals surface area contributed by atoms with Crippen molar-refractivity contribution < 1.29 is 58.3 Å². The zero-order chi connectivity index (χ0) is 42.0. The van der Waals surface area contributed by atoms with Crippen LogP contribution in [-0.2, 0) is 43.6 Å². The molecule has 2 amide bonds. The molecular weight excluding hydrogens is 745 g/mol. The molecule has 1 fully saturated rings. The van der Waals surface area contributed by atoms with E-state index in [4.69, 9.17) is 40.9 Å². The molecular formula is C40H46FN5O11. The van der Waals surface area contributed by atoms with Gasteiger partial charge in [0.2, 0.25) is 5.91 Å². The SMILES string of the molecule is CC(C)(C)OC(=O)CC[C@@H](C(N)=O)N1Cc2c(OCc3ccc(CN4CCN(c5ccc(C#N)cc5F)CC4)cc3)cccc2C1=O.O=C(O)C(O)C(O)C(=O)O. The van der Waals surface area contributed by atoms with Crippen LogP contribution in [0, 0.1) is 17.1 Å². The maximum atomic E-state index is 14.5. The number of carbonyl (C=O) groups is 5. The minimum absolute atomic E-state index is 0.0425. The third-order valence-electron chi connectivity index (χ3n) is 9.12. The first-order valence-corrected chi connectivity index (χ1v) is 18.0. The topological polar surface area (TPSA) is 244 Å². The Kier molecular flexibility index (Phi) is 14.7. The van der Waals surface area contributed by atoms with Crippen molar-refractivity contribution in [3.8, 4) is 11.8 Å². The number of carboxylic acids is 2. The van der Waals surface area contributed by atoms with E-state index in [1.807, 2.05) is 23.1 Å². The standard InChI is InChI=1S/C36H40FN5O5.C4H6O6/c1-36(2,3)47-33(43)14-13-31(34(39)44)42-22-28-27(35(42)45)5-4-6-32(28)46-23-25-9-7-24(8-10-25)21-40-15-17-41(18-16-40)30-12-11-26(20-38)19-29(30)37;5-1(3(7)8)2(6)4(9)10/h4-12,19,31H,13-18,21-23H2,1-3H3,(H2,39,44);1-2,5-6H,(H,7,8)(H,9,10)/t31-;/m0./s1. The zero-order valence-electron chi connectivity index (χ0n) is 31.8. The number of benzene rings is 3. The summed E-state index contributed by atoms with van der Waals surface area (Å²) in [4.78, 5) is 63.2. The number of esters is 1. The first kappa shape index (κ1) is 43.6. The van der Waals surface area contributed by atoms with Crippen LogP contribution >= 0.6 is 0 Å². The van der Waals surface area contributed by atoms with Crippen molar-refractivity contribution in [3.05, 3.63) is 94.3 Å². The van der Waals surface area contributed by atoms with Gasteiger partial charge < -0.3 is 45.4 Å². The molecule has 17 heteroatoms. The number of carbonyl (C=O) groups excluding carboxylic acids is 3. The molecule has 1 saturated heterocycles. The highest BCUT2D eigenvalue weighted by molar-refractivity contribution is 6.01. The van der Waals surface area contributed by atoms with E-state index in [0.717, 1.165) is 30.8 Å². The number of aliphatic hydroxyl groups excluding tert-OH is 2. The summed E-state index contributed by atoms with van der Waals surface area (Å²) in [5.41, 5.74) is 9.10. The Balaban J connectivity index is 0.000000635. The second-order valence-corrected chi connectivity index (χ2v) is 14.5. The van der Waals surface area contributed by atoms with Gasteiger partial charge in [-0.3, -0.25) is 19.3 Å². The second kappa shape index (κ2) is 19.2. The smallest absolute Gasteiger partial charge is 0.335 e. The van der Waals surface area contributed by atoms with E-state index in [1.54, 1.807) is 51.1 Å². The lowest BCUT2D eigenvalue weighted by molar-refractivity contribution is -0.165. The maximum Gasteiger partial charge on any atom is 0.335 e. The Hall–Kier alpha value is -6.09. The van der Waals surface area contributed by atoms with Crippen LogP contribution in [0.15, 0.2) is 60.7 Å². The summed E-state index contributed by atoms with van der Waals surface area (Å²) in [6.45, 7) is 9.47. The number of hydrogen-bond acceptors (Lipinski definition) is 12. The number of halogens is 1. The van der Waals surface area contributed by atoms with Gasteiger partial charge in [0.15, 0.2) is 12.2 Å². The van der Waals surface area contributed by atoms with Gasteiger partial charge in [-0.25, -0.2) is 14.0 Å². The number of nitrogens with two attached hydrogens (primary N) is 1. The average Bonchev–Trinajstić information content (AvgIpc) is 3.49. The van der Waals surface area contributed by atoms with Crippen molar-refractivity contribution in [1.82, 2.24) is 9.80 Å². The summed E-state index contributed by atoms with van der Waals surface area (Å²) < 4.78 is 26.0. The molecule has 3 aromatic rings. The fourth-order valence-electron chi connectivity index (χ4n) is 6.22. The number of fused-ring (bicyclic) bond motifs is 1. The number of ether oxygens (including phenoxy) is 2. The minimum atomic E-state index is -2.27. The third kappa shape index (κ3) is 12.0. The number of aliphatic carboxylic acids is 2. The Morgan fingerprint density at radius 2 is 1.54 bits per heavy atom. The largest absolute Gasteiger partial charge is 0.489 e. The predicted molar refractivity (Wildman–Crippen MR) is 201 cm³/mol. The van der Waals surface area contributed by atoms with Gasteiger partial charge in [0.25, 0.3) is 5.91 Å². The molecule has 57 heavy (non-hydrogen) atoms. The van der Waals surface area contributed by atoms with Crippen LogP contribution in [0.1, 0.15) is 66.2 Å². The van der Waals surface area contributed by atoms with E-state index in [2.05, 4.69) is 17.0 Å². The van der Waals surface area contributed by atoms with E-state index < -0.39 is 47.7 Å². The number of nitriles is 1. The predicted octanol–water partition coefficient (Wildman–Crippen LogP) is 2.41. The van der Waals surface area contributed by atoms with Gasteiger partial charge in [-0.05, 0) is 68.7 Å². The molecule has 3 atom stereocenters. The molecule has 0 saturated carbocycles. The molecule has 16 nitrogen and oxygen atoms in total. The van der Waals surface area contributed by atoms with Gasteiger partial charge in [-0.1, -0.05) is 30.3 Å². The number of piperazine rings is 1. The van der Waals surface area contributed by atoms with Gasteiger partial charge in [0.05, 0.1) is 23.9 Å². The van der Waals surface area contributed by atoms with Gasteiger partial charge in [-0.15, -0.1) is 0 Å². The molecule has 5 rings (SSSR count). The highest BCUT2D eigenvalue weighted by Crippen LogP contribution is 2.33. The lowest BCUT2D eigenvalue weighted by atomic mass is 10.1. The molecule has 0 bridgehead atoms. The van der Waals surface area contributed by atoms with E-state index in [0.29, 0.717) is 41.2 Å². The third-order valence-corrected chi connectivity index (χ3v) is 9.12. The van der Waals surface area contributed by atoms with Crippen molar-refractivity contribution in [3.63, 3.8) is 0 Å². The summed E-state index contributed by atoms with van der Waals surface area (Å²) in [7, 11) is 0. The maximum absolute atomic E-state index is 14.5. The quantitative estimate of drug-likeness (QED) is 0.147. The summed E-state index contributed by atoms with van der Waals surface area (Å²) in [5.74, 6) is -4.82. The van der Waals surface area contributed by atoms with Crippen LogP contribution in [0.25, 0.3) is 0 Å². The Bertz CT molecular complexity index is 1970. The number of hydrogen-bond donors (Lipinski definition) is 5. The van der Waals surface area contributed by atoms with Gasteiger partial charge in [0.1, 0.15) is 29.8 Å². The van der Waals surface area contributed by atoms with Crippen LogP contribution in [-0.4, -0.2) is 110 Å². The van der Waals surface area contributed by atoms with Crippen LogP contribution in [0.4, 0.5) is 10.1 Å². The van der Waals surface area contributed by atoms with Crippen molar-refractivity contribution in [1.29, 1.82) is 5.26 Å². The van der Waals surface area contributed by atoms with Crippen molar-refractivity contribution in [2.45, 2.75) is 77.2 Å². The Labute approximate surface area is 328 Å². The van der Waals surface area contributed by atoms with Crippen molar-refractivity contribution in [2.24, 2.45) is 5.73 Å². The average molecular weight is 792 g/mol. The van der Waals surface area contributed by atoms with Crippen molar-refractivity contribution in [2.75, 3.05) is 31.1 Å². The molecule has 3 aromatic carbocycles. The van der Waals surface area contributed by atoms with E-state index in [-0.39, 0.29) is 37.7 Å². The molecule has 2 unspecified atom stereocenters. The fourth-order valence-corrected chi connectivity index (χ4v) is 6.22. The molecule has 2 aliphatic rings. The number of anilines is 1. The van der Waals surface area contributed by atoms with Gasteiger partial charge in [0, 0.05) is 50.3 Å². The van der Waals surface area contributed by atoms with E-state index in [9.17, 15) is 28.4 Å². The van der Waals surface area contributed by atoms with E-state index in [1.165, 1.54) is 11.0 Å². The van der Waals surface area contributed by atoms with E-state index >= 15 is 0 Å². The molecule has 0 aliphatic carbocycles. The Morgan fingerprint density at radius 1 is 0.930 bits per heavy atom. The first-order chi connectivity index (χ1) is 26.9. The van der Waals surface area contributed by atoms with Crippen LogP contribution in [0.5, 0.6) is 5.75 Å². The lowest BCUT2D eigenvalue weighted by Gasteiger charge is -2.36. The zero-order valence-corrected chi connectivity index (χ0v) is 31.8. The highest BCUT2D eigenvalue weighted by Gasteiger charge is 2.37. The van der Waals surface area contributed by atoms with Crippen LogP contribution in [0.3, 0.4) is 0 Å². The normalized spacial score (nSPS) is 15.6. The summed E-state index contributed by atoms with van der Waals surface area (Å²) in [6, 6.07) is 19.0. The number of nitrogens with zero attached hydrogens (tertiary/aromatic N) is 4. The molecule has 2 aliphatic heterocycles. The first-order valence-electron chi connectivity index (χ1n) is 18.0. The molecule has 0 radical (unpaired) electrons. The summed E-state index contributed by atoms with van der Waals surface area (Å²) in [5, 5.41) is 41.5. The van der Waals surface area contributed by atoms with Crippen molar-refractivity contribution >= 4 is 35.4 Å². The fraction of sp³-hybridized carbons (Fsp3) is 0.400. The van der Waals surface area contributed by atoms with Gasteiger partial charge >= 0.3 is 17.9 Å². The van der Waals surface area contributed by atoms with Gasteiger partial charge in [-0.2, -0.15) is 5.26 Å². The second-order valence-electron chi connectivity index (χ2n) is 14.5.